The first-order chi connectivity index (χ1) is 10.6. The van der Waals surface area contributed by atoms with Crippen molar-refractivity contribution in [2.75, 3.05) is 13.1 Å². The largest absolute Gasteiger partial charge is 0.337 e. The fourth-order valence-corrected chi connectivity index (χ4v) is 2.83. The molecule has 0 bridgehead atoms. The van der Waals surface area contributed by atoms with Gasteiger partial charge in [0.25, 0.3) is 5.91 Å². The van der Waals surface area contributed by atoms with Gasteiger partial charge in [-0.1, -0.05) is 19.0 Å². The number of nitrogens with one attached hydrogen (secondary N) is 1. The second-order valence-electron chi connectivity index (χ2n) is 6.17. The third kappa shape index (κ3) is 2.75. The molecule has 0 atom stereocenters. The minimum absolute atomic E-state index is 0.0929. The van der Waals surface area contributed by atoms with Crippen LogP contribution >= 0.6 is 0 Å². The quantitative estimate of drug-likeness (QED) is 0.939. The summed E-state index contributed by atoms with van der Waals surface area (Å²) in [6.07, 6.45) is 1.85. The number of hydrogen-bond donors (Lipinski definition) is 1. The molecule has 2 aromatic heterocycles. The normalized spacial score (nSPS) is 16.5. The van der Waals surface area contributed by atoms with Crippen LogP contribution in [0.3, 0.4) is 0 Å². The molecule has 0 spiro atoms. The van der Waals surface area contributed by atoms with Gasteiger partial charge in [-0.15, -0.1) is 0 Å². The molecule has 1 aliphatic heterocycles. The van der Waals surface area contributed by atoms with Crippen molar-refractivity contribution < 1.29 is 9.42 Å². The predicted molar refractivity (Wildman–Crippen MR) is 79.6 cm³/mol. The van der Waals surface area contributed by atoms with Crippen LogP contribution in [0.5, 0.6) is 0 Å². The summed E-state index contributed by atoms with van der Waals surface area (Å²) in [5, 5.41) is 14.9. The summed E-state index contributed by atoms with van der Waals surface area (Å²) >= 11 is 0. The molecule has 1 amide bonds. The lowest BCUT2D eigenvalue weighted by Crippen LogP contribution is -2.38. The zero-order chi connectivity index (χ0) is 15.7. The monoisotopic (exact) mass is 303 g/mol. The Kier molecular flexibility index (Phi) is 3.96. The highest BCUT2D eigenvalue weighted by atomic mass is 16.6. The molecule has 1 N–H and O–H groups in total. The number of amides is 1. The fourth-order valence-electron chi connectivity index (χ4n) is 2.83. The zero-order valence-electron chi connectivity index (χ0n) is 13.2. The van der Waals surface area contributed by atoms with Gasteiger partial charge in [0, 0.05) is 24.7 Å². The van der Waals surface area contributed by atoms with Crippen LogP contribution in [0, 0.1) is 6.92 Å². The Morgan fingerprint density at radius 3 is 2.64 bits per heavy atom. The molecule has 118 valence electrons. The molecule has 3 heterocycles. The Morgan fingerprint density at radius 1 is 1.36 bits per heavy atom. The van der Waals surface area contributed by atoms with Crippen molar-refractivity contribution in [1.29, 1.82) is 0 Å². The number of aromatic amines is 1. The van der Waals surface area contributed by atoms with Crippen LogP contribution < -0.4 is 0 Å². The number of carbonyl (C=O) groups is 1. The molecule has 7 nitrogen and oxygen atoms in total. The molecule has 22 heavy (non-hydrogen) atoms. The van der Waals surface area contributed by atoms with Gasteiger partial charge in [0.15, 0.2) is 5.69 Å². The van der Waals surface area contributed by atoms with E-state index < -0.39 is 0 Å². The van der Waals surface area contributed by atoms with Crippen LogP contribution in [0.4, 0.5) is 0 Å². The van der Waals surface area contributed by atoms with Crippen molar-refractivity contribution in [2.24, 2.45) is 0 Å². The van der Waals surface area contributed by atoms with Crippen LogP contribution in [-0.2, 0) is 0 Å². The van der Waals surface area contributed by atoms with Crippen molar-refractivity contribution in [3.05, 3.63) is 28.8 Å². The van der Waals surface area contributed by atoms with E-state index in [2.05, 4.69) is 45.1 Å². The zero-order valence-corrected chi connectivity index (χ0v) is 13.2. The maximum absolute atomic E-state index is 12.4. The van der Waals surface area contributed by atoms with E-state index >= 15 is 0 Å². The number of aromatic nitrogens is 4. The van der Waals surface area contributed by atoms with Gasteiger partial charge < -0.3 is 4.90 Å². The first kappa shape index (κ1) is 14.7. The van der Waals surface area contributed by atoms with Crippen LogP contribution in [-0.4, -0.2) is 44.4 Å². The van der Waals surface area contributed by atoms with E-state index in [1.54, 1.807) is 6.92 Å². The fraction of sp³-hybridized carbons (Fsp3) is 0.600. The van der Waals surface area contributed by atoms with Crippen molar-refractivity contribution in [1.82, 2.24) is 25.4 Å². The molecular formula is C15H21N5O2. The lowest BCUT2D eigenvalue weighted by molar-refractivity contribution is 0.0700. The molecule has 7 heteroatoms. The average molecular weight is 303 g/mol. The minimum Gasteiger partial charge on any atom is -0.337 e. The summed E-state index contributed by atoms with van der Waals surface area (Å²) < 4.78 is 4.61. The van der Waals surface area contributed by atoms with E-state index in [9.17, 15) is 4.79 Å². The lowest BCUT2D eigenvalue weighted by atomic mass is 9.92. The molecule has 0 saturated carbocycles. The Bertz CT molecular complexity index is 652. The number of nitrogens with zero attached hydrogens (tertiary/aromatic N) is 4. The summed E-state index contributed by atoms with van der Waals surface area (Å²) in [5.74, 6) is 0.763. The Hall–Kier alpha value is -2.18. The van der Waals surface area contributed by atoms with E-state index in [1.165, 1.54) is 5.69 Å². The second kappa shape index (κ2) is 5.90. The van der Waals surface area contributed by atoms with Crippen LogP contribution in [0.15, 0.2) is 10.7 Å². The molecule has 1 fully saturated rings. The van der Waals surface area contributed by atoms with Crippen molar-refractivity contribution in [3.63, 3.8) is 0 Å². The number of hydrogen-bond acceptors (Lipinski definition) is 5. The highest BCUT2D eigenvalue weighted by Gasteiger charge is 2.28. The van der Waals surface area contributed by atoms with Gasteiger partial charge in [-0.25, -0.2) is 4.63 Å². The number of likely N-dealkylation sites (tertiary alicyclic amines) is 1. The van der Waals surface area contributed by atoms with E-state index in [1.807, 2.05) is 4.90 Å². The second-order valence-corrected chi connectivity index (χ2v) is 6.17. The topological polar surface area (TPSA) is 87.9 Å². The van der Waals surface area contributed by atoms with Crippen molar-refractivity contribution >= 4 is 5.91 Å². The van der Waals surface area contributed by atoms with Crippen LogP contribution in [0.1, 0.15) is 66.1 Å². The van der Waals surface area contributed by atoms with E-state index in [0.29, 0.717) is 36.3 Å². The Labute approximate surface area is 129 Å². The molecule has 0 unspecified atom stereocenters. The summed E-state index contributed by atoms with van der Waals surface area (Å²) in [5.41, 5.74) is 3.14. The number of piperidine rings is 1. The maximum atomic E-state index is 12.4. The van der Waals surface area contributed by atoms with Gasteiger partial charge in [-0.3, -0.25) is 9.89 Å². The SMILES string of the molecule is Cc1nonc1C(=O)N1CCC(c2cc(C(C)C)n[nH]2)CC1. The lowest BCUT2D eigenvalue weighted by Gasteiger charge is -2.30. The van der Waals surface area contributed by atoms with Gasteiger partial charge in [-0.05, 0) is 36.9 Å². The number of aryl methyl sites for hydroxylation is 1. The molecule has 0 radical (unpaired) electrons. The smallest absolute Gasteiger partial charge is 0.278 e. The molecule has 1 saturated heterocycles. The summed E-state index contributed by atoms with van der Waals surface area (Å²) in [6.45, 7) is 7.43. The standard InChI is InChI=1S/C15H21N5O2/c1-9(2)12-8-13(17-16-12)11-4-6-20(7-5-11)15(21)14-10(3)18-22-19-14/h8-9,11H,4-7H2,1-3H3,(H,16,17). The van der Waals surface area contributed by atoms with Crippen molar-refractivity contribution in [2.45, 2.75) is 45.4 Å². The van der Waals surface area contributed by atoms with E-state index in [4.69, 9.17) is 0 Å². The van der Waals surface area contributed by atoms with E-state index in [-0.39, 0.29) is 5.91 Å². The maximum Gasteiger partial charge on any atom is 0.278 e. The Morgan fingerprint density at radius 2 is 2.09 bits per heavy atom. The van der Waals surface area contributed by atoms with Crippen LogP contribution in [0.2, 0.25) is 0 Å². The van der Waals surface area contributed by atoms with E-state index in [0.717, 1.165) is 18.5 Å². The molecule has 0 aromatic carbocycles. The average Bonchev–Trinajstić information content (AvgIpc) is 3.15. The molecular weight excluding hydrogens is 282 g/mol. The number of rotatable bonds is 3. The Balaban J connectivity index is 1.62. The van der Waals surface area contributed by atoms with Crippen LogP contribution in [0.25, 0.3) is 0 Å². The summed E-state index contributed by atoms with van der Waals surface area (Å²) in [4.78, 5) is 14.2. The van der Waals surface area contributed by atoms with Gasteiger partial charge in [0.1, 0.15) is 5.69 Å². The van der Waals surface area contributed by atoms with Gasteiger partial charge in [0.05, 0.1) is 5.69 Å². The molecule has 0 aliphatic carbocycles. The summed E-state index contributed by atoms with van der Waals surface area (Å²) in [6, 6.07) is 2.15. The molecule has 1 aliphatic rings. The molecule has 2 aromatic rings. The summed E-state index contributed by atoms with van der Waals surface area (Å²) in [7, 11) is 0. The predicted octanol–water partition coefficient (Wildman–Crippen LogP) is 2.24. The first-order valence-electron chi connectivity index (χ1n) is 7.70. The first-order valence-corrected chi connectivity index (χ1v) is 7.70. The van der Waals surface area contributed by atoms with Crippen molar-refractivity contribution in [3.8, 4) is 0 Å². The minimum atomic E-state index is -0.0929. The third-order valence-corrected chi connectivity index (χ3v) is 4.29. The third-order valence-electron chi connectivity index (χ3n) is 4.29. The van der Waals surface area contributed by atoms with Gasteiger partial charge >= 0.3 is 0 Å². The van der Waals surface area contributed by atoms with Gasteiger partial charge in [0.2, 0.25) is 0 Å². The highest BCUT2D eigenvalue weighted by Crippen LogP contribution is 2.28. The highest BCUT2D eigenvalue weighted by molar-refractivity contribution is 5.93. The molecule has 3 rings (SSSR count). The number of carbonyl (C=O) groups excluding carboxylic acids is 1. The number of H-pyrrole nitrogens is 1. The van der Waals surface area contributed by atoms with Gasteiger partial charge in [-0.2, -0.15) is 5.10 Å².